The predicted molar refractivity (Wildman–Crippen MR) is 104 cm³/mol. The monoisotopic (exact) mass is 399 g/mol. The Bertz CT molecular complexity index is 936. The number of hydrogen-bond acceptors (Lipinski definition) is 7. The van der Waals surface area contributed by atoms with E-state index >= 15 is 0 Å². The lowest BCUT2D eigenvalue weighted by molar-refractivity contribution is -0.146. The summed E-state index contributed by atoms with van der Waals surface area (Å²) in [7, 11) is 2.68. The molecule has 8 nitrogen and oxygen atoms in total. The molecule has 0 fully saturated rings. The van der Waals surface area contributed by atoms with Crippen molar-refractivity contribution in [2.45, 2.75) is 13.3 Å². The van der Waals surface area contributed by atoms with Gasteiger partial charge in [-0.25, -0.2) is 4.79 Å². The third-order valence-corrected chi connectivity index (χ3v) is 3.99. The van der Waals surface area contributed by atoms with Crippen LogP contribution >= 0.6 is 0 Å². The van der Waals surface area contributed by atoms with E-state index in [4.69, 9.17) is 9.47 Å². The van der Waals surface area contributed by atoms with E-state index in [9.17, 15) is 19.2 Å². The Morgan fingerprint density at radius 2 is 1.72 bits per heavy atom. The largest absolute Gasteiger partial charge is 0.496 e. The van der Waals surface area contributed by atoms with Crippen molar-refractivity contribution in [2.24, 2.45) is 0 Å². The van der Waals surface area contributed by atoms with Gasteiger partial charge in [-0.15, -0.1) is 0 Å². The Labute approximate surface area is 167 Å². The van der Waals surface area contributed by atoms with E-state index in [0.717, 1.165) is 0 Å². The van der Waals surface area contributed by atoms with Gasteiger partial charge < -0.3 is 19.5 Å². The number of benzene rings is 2. The summed E-state index contributed by atoms with van der Waals surface area (Å²) < 4.78 is 14.8. The molecule has 8 heteroatoms. The summed E-state index contributed by atoms with van der Waals surface area (Å²) >= 11 is 0. The number of ether oxygens (including phenoxy) is 3. The van der Waals surface area contributed by atoms with Crippen LogP contribution in [0.5, 0.6) is 5.75 Å². The quantitative estimate of drug-likeness (QED) is 0.536. The maximum atomic E-state index is 12.1. The summed E-state index contributed by atoms with van der Waals surface area (Å²) in [5.41, 5.74) is 1.34. The first-order valence-corrected chi connectivity index (χ1v) is 8.66. The first-order valence-electron chi connectivity index (χ1n) is 8.66. The number of rotatable bonds is 8. The third kappa shape index (κ3) is 5.90. The molecule has 0 saturated heterocycles. The van der Waals surface area contributed by atoms with Crippen molar-refractivity contribution in [3.63, 3.8) is 0 Å². The van der Waals surface area contributed by atoms with Crippen LogP contribution in [0.15, 0.2) is 42.5 Å². The minimum absolute atomic E-state index is 0.147. The normalized spacial score (nSPS) is 10.0. The fourth-order valence-corrected chi connectivity index (χ4v) is 2.55. The lowest BCUT2D eigenvalue weighted by atomic mass is 10.0. The molecule has 152 valence electrons. The fraction of sp³-hybridized carbons (Fsp3) is 0.238. The zero-order chi connectivity index (χ0) is 21.4. The van der Waals surface area contributed by atoms with Gasteiger partial charge in [-0.1, -0.05) is 12.1 Å². The van der Waals surface area contributed by atoms with Crippen LogP contribution in [0, 0.1) is 0 Å². The maximum absolute atomic E-state index is 12.1. The zero-order valence-corrected chi connectivity index (χ0v) is 16.3. The van der Waals surface area contributed by atoms with Gasteiger partial charge in [0, 0.05) is 11.1 Å². The fourth-order valence-electron chi connectivity index (χ4n) is 2.55. The first kappa shape index (κ1) is 21.6. The second-order valence-electron chi connectivity index (χ2n) is 6.01. The highest BCUT2D eigenvalue weighted by Gasteiger charge is 2.16. The number of ketones is 1. The summed E-state index contributed by atoms with van der Waals surface area (Å²) in [4.78, 5) is 47.5. The summed E-state index contributed by atoms with van der Waals surface area (Å²) in [6.45, 7) is 0.878. The van der Waals surface area contributed by atoms with Gasteiger partial charge >= 0.3 is 11.9 Å². The number of amides is 1. The van der Waals surface area contributed by atoms with Crippen molar-refractivity contribution in [2.75, 3.05) is 26.1 Å². The topological polar surface area (TPSA) is 108 Å². The number of esters is 2. The molecule has 0 spiro atoms. The number of carbonyl (C=O) groups excluding carboxylic acids is 4. The minimum Gasteiger partial charge on any atom is -0.496 e. The molecule has 0 radical (unpaired) electrons. The van der Waals surface area contributed by atoms with Crippen molar-refractivity contribution in [3.05, 3.63) is 59.2 Å². The smallest absolute Gasteiger partial charge is 0.339 e. The minimum atomic E-state index is -0.666. The Morgan fingerprint density at radius 3 is 2.38 bits per heavy atom. The SMILES string of the molecule is COC(=O)c1ccccc1NC(=O)COC(=O)Cc1cc(C(C)=O)ccc1OC. The molecule has 0 aliphatic carbocycles. The molecule has 1 N–H and O–H groups in total. The van der Waals surface area contributed by atoms with Gasteiger partial charge in [0.15, 0.2) is 12.4 Å². The Balaban J connectivity index is 1.98. The molecule has 0 aliphatic heterocycles. The van der Waals surface area contributed by atoms with Crippen LogP contribution in [0.3, 0.4) is 0 Å². The van der Waals surface area contributed by atoms with E-state index in [1.54, 1.807) is 30.3 Å². The number of methoxy groups -OCH3 is 2. The van der Waals surface area contributed by atoms with Crippen LogP contribution in [0.4, 0.5) is 5.69 Å². The van der Waals surface area contributed by atoms with Crippen molar-refractivity contribution in [1.82, 2.24) is 0 Å². The predicted octanol–water partition coefficient (Wildman–Crippen LogP) is 2.41. The van der Waals surface area contributed by atoms with E-state index in [1.165, 1.54) is 33.3 Å². The number of carbonyl (C=O) groups is 4. The van der Waals surface area contributed by atoms with Crippen LogP contribution in [-0.2, 0) is 25.5 Å². The van der Waals surface area contributed by atoms with Crippen molar-refractivity contribution in [1.29, 1.82) is 0 Å². The van der Waals surface area contributed by atoms with Gasteiger partial charge in [-0.05, 0) is 37.3 Å². The van der Waals surface area contributed by atoms with Gasteiger partial charge in [0.2, 0.25) is 0 Å². The van der Waals surface area contributed by atoms with Crippen LogP contribution in [0.1, 0.15) is 33.2 Å². The second-order valence-corrected chi connectivity index (χ2v) is 6.01. The number of hydrogen-bond donors (Lipinski definition) is 1. The molecule has 2 aromatic rings. The molecule has 0 heterocycles. The summed E-state index contributed by atoms with van der Waals surface area (Å²) in [6.07, 6.45) is -0.170. The lowest BCUT2D eigenvalue weighted by Gasteiger charge is -2.11. The first-order chi connectivity index (χ1) is 13.8. The van der Waals surface area contributed by atoms with Crippen LogP contribution in [0.25, 0.3) is 0 Å². The van der Waals surface area contributed by atoms with Crippen molar-refractivity contribution in [3.8, 4) is 5.75 Å². The molecular formula is C21H21NO7. The van der Waals surface area contributed by atoms with Gasteiger partial charge in [-0.3, -0.25) is 14.4 Å². The second kappa shape index (κ2) is 10.0. The summed E-state index contributed by atoms with van der Waals surface area (Å²) in [6, 6.07) is 11.0. The molecule has 0 saturated carbocycles. The average Bonchev–Trinajstić information content (AvgIpc) is 2.72. The Morgan fingerprint density at radius 1 is 1.00 bits per heavy atom. The highest BCUT2D eigenvalue weighted by molar-refractivity contribution is 6.02. The maximum Gasteiger partial charge on any atom is 0.339 e. The third-order valence-electron chi connectivity index (χ3n) is 3.99. The standard InChI is InChI=1S/C21H21NO7/c1-13(23)14-8-9-18(27-2)15(10-14)11-20(25)29-12-19(24)22-17-7-5-4-6-16(17)21(26)28-3/h4-10H,11-12H2,1-3H3,(H,22,24). The van der Waals surface area contributed by atoms with Crippen LogP contribution in [0.2, 0.25) is 0 Å². The molecule has 2 rings (SSSR count). The molecule has 29 heavy (non-hydrogen) atoms. The molecule has 0 aliphatic rings. The summed E-state index contributed by atoms with van der Waals surface area (Å²) in [5, 5.41) is 2.51. The molecule has 0 aromatic heterocycles. The number of anilines is 1. The van der Waals surface area contributed by atoms with Gasteiger partial charge in [-0.2, -0.15) is 0 Å². The van der Waals surface area contributed by atoms with E-state index in [0.29, 0.717) is 16.9 Å². The van der Waals surface area contributed by atoms with Crippen LogP contribution < -0.4 is 10.1 Å². The van der Waals surface area contributed by atoms with Gasteiger partial charge in [0.05, 0.1) is 31.9 Å². The average molecular weight is 399 g/mol. The number of nitrogens with one attached hydrogen (secondary N) is 1. The van der Waals surface area contributed by atoms with Crippen LogP contribution in [-0.4, -0.2) is 44.5 Å². The Hall–Kier alpha value is -3.68. The number of para-hydroxylation sites is 1. The van der Waals surface area contributed by atoms with Crippen molar-refractivity contribution >= 4 is 29.3 Å². The Kier molecular flexibility index (Phi) is 7.47. The van der Waals surface area contributed by atoms with Crippen molar-refractivity contribution < 1.29 is 33.4 Å². The van der Waals surface area contributed by atoms with Gasteiger partial charge in [0.1, 0.15) is 5.75 Å². The number of Topliss-reactive ketones (excluding diaryl/α,β-unsaturated/α-hetero) is 1. The molecule has 1 amide bonds. The molecule has 0 unspecified atom stereocenters. The molecule has 2 aromatic carbocycles. The van der Waals surface area contributed by atoms with E-state index < -0.39 is 24.5 Å². The van der Waals surface area contributed by atoms with Gasteiger partial charge in [0.25, 0.3) is 5.91 Å². The highest BCUT2D eigenvalue weighted by Crippen LogP contribution is 2.21. The van der Waals surface area contributed by atoms with E-state index in [2.05, 4.69) is 10.1 Å². The molecular weight excluding hydrogens is 378 g/mol. The van der Waals surface area contributed by atoms with E-state index in [1.807, 2.05) is 0 Å². The van der Waals surface area contributed by atoms with E-state index in [-0.39, 0.29) is 23.5 Å². The highest BCUT2D eigenvalue weighted by atomic mass is 16.5. The molecule has 0 atom stereocenters. The lowest BCUT2D eigenvalue weighted by Crippen LogP contribution is -2.23. The zero-order valence-electron chi connectivity index (χ0n) is 16.3. The molecule has 0 bridgehead atoms. The summed E-state index contributed by atoms with van der Waals surface area (Å²) in [5.74, 6) is -1.59.